The van der Waals surface area contributed by atoms with Gasteiger partial charge in [-0.1, -0.05) is 32.0 Å². The first-order valence-corrected chi connectivity index (χ1v) is 6.59. The maximum absolute atomic E-state index is 12.5. The zero-order valence-electron chi connectivity index (χ0n) is 11.3. The zero-order chi connectivity index (χ0) is 13.0. The van der Waals surface area contributed by atoms with E-state index < -0.39 is 0 Å². The highest BCUT2D eigenvalue weighted by Crippen LogP contribution is 2.48. The summed E-state index contributed by atoms with van der Waals surface area (Å²) >= 11 is 0. The molecule has 3 heteroatoms. The molecule has 0 aliphatic carbocycles. The number of benzene rings is 1. The number of para-hydroxylation sites is 1. The molecule has 1 saturated heterocycles. The second-order valence-electron chi connectivity index (χ2n) is 6.18. The lowest BCUT2D eigenvalue weighted by Crippen LogP contribution is -2.57. The van der Waals surface area contributed by atoms with E-state index in [2.05, 4.69) is 23.5 Å². The average Bonchev–Trinajstić information content (AvgIpc) is 2.73. The zero-order valence-corrected chi connectivity index (χ0v) is 11.3. The van der Waals surface area contributed by atoms with Crippen LogP contribution in [0.5, 0.6) is 0 Å². The maximum atomic E-state index is 12.5. The van der Waals surface area contributed by atoms with Crippen molar-refractivity contribution >= 4 is 11.6 Å². The Morgan fingerprint density at radius 2 is 1.94 bits per heavy atom. The molecular weight excluding hydrogens is 224 g/mol. The predicted molar refractivity (Wildman–Crippen MR) is 72.4 cm³/mol. The van der Waals surface area contributed by atoms with E-state index in [1.807, 2.05) is 31.9 Å². The van der Waals surface area contributed by atoms with Crippen molar-refractivity contribution in [2.75, 3.05) is 18.9 Å². The summed E-state index contributed by atoms with van der Waals surface area (Å²) in [6.07, 6.45) is 1.98. The van der Waals surface area contributed by atoms with Crippen LogP contribution in [0.3, 0.4) is 0 Å². The van der Waals surface area contributed by atoms with Gasteiger partial charge in [0.1, 0.15) is 0 Å². The fourth-order valence-electron chi connectivity index (χ4n) is 3.34. The summed E-state index contributed by atoms with van der Waals surface area (Å²) in [5, 5.41) is 3.45. The molecule has 2 aliphatic heterocycles. The molecule has 0 saturated carbocycles. The molecule has 1 aromatic rings. The highest BCUT2D eigenvalue weighted by molar-refractivity contribution is 5.84. The van der Waals surface area contributed by atoms with Crippen LogP contribution in [0.1, 0.15) is 32.3 Å². The Kier molecular flexibility index (Phi) is 2.25. The Morgan fingerprint density at radius 3 is 2.72 bits per heavy atom. The van der Waals surface area contributed by atoms with Crippen molar-refractivity contribution in [3.05, 3.63) is 29.8 Å². The second-order valence-corrected chi connectivity index (χ2v) is 6.18. The molecule has 1 N–H and O–H groups in total. The number of carbonyl (C=O) groups is 1. The number of likely N-dealkylation sites (N-methyl/N-ethyl adjacent to an activating group) is 1. The lowest BCUT2D eigenvalue weighted by molar-refractivity contribution is -0.151. The van der Waals surface area contributed by atoms with Crippen molar-refractivity contribution < 1.29 is 4.79 Å². The number of fused-ring (bicyclic) bond motifs is 2. The summed E-state index contributed by atoms with van der Waals surface area (Å²) in [6, 6.07) is 8.35. The standard InChI is InChI=1S/C15H20N2O/c1-14(2)8-9-15(17(3)13(14)18)10-16-12-7-5-4-6-11(12)15/h4-7,16H,8-10H2,1-3H3. The third-order valence-electron chi connectivity index (χ3n) is 4.69. The second kappa shape index (κ2) is 3.50. The summed E-state index contributed by atoms with van der Waals surface area (Å²) in [5.74, 6) is 0.257. The number of nitrogens with one attached hydrogen (secondary N) is 1. The SMILES string of the molecule is CN1C(=O)C(C)(C)CCC12CNc1ccccc12. The van der Waals surface area contributed by atoms with Gasteiger partial charge in [0.15, 0.2) is 0 Å². The monoisotopic (exact) mass is 244 g/mol. The summed E-state index contributed by atoms with van der Waals surface area (Å²) in [4.78, 5) is 14.5. The molecule has 96 valence electrons. The first kappa shape index (κ1) is 11.6. The van der Waals surface area contributed by atoms with Gasteiger partial charge in [-0.25, -0.2) is 0 Å². The molecule has 3 nitrogen and oxygen atoms in total. The van der Waals surface area contributed by atoms with E-state index in [0.717, 1.165) is 19.4 Å². The molecule has 18 heavy (non-hydrogen) atoms. The molecule has 1 amide bonds. The largest absolute Gasteiger partial charge is 0.382 e. The number of anilines is 1. The van der Waals surface area contributed by atoms with Crippen molar-refractivity contribution in [2.45, 2.75) is 32.2 Å². The molecule has 0 bridgehead atoms. The first-order chi connectivity index (χ1) is 8.47. The first-order valence-electron chi connectivity index (χ1n) is 6.59. The van der Waals surface area contributed by atoms with E-state index in [1.54, 1.807) is 0 Å². The van der Waals surface area contributed by atoms with Crippen LogP contribution < -0.4 is 5.32 Å². The fourth-order valence-corrected chi connectivity index (χ4v) is 3.34. The van der Waals surface area contributed by atoms with E-state index >= 15 is 0 Å². The quantitative estimate of drug-likeness (QED) is 0.760. The van der Waals surface area contributed by atoms with Crippen molar-refractivity contribution in [3.63, 3.8) is 0 Å². The number of nitrogens with zero attached hydrogens (tertiary/aromatic N) is 1. The third-order valence-corrected chi connectivity index (χ3v) is 4.69. The van der Waals surface area contributed by atoms with Gasteiger partial charge in [0.2, 0.25) is 5.91 Å². The van der Waals surface area contributed by atoms with Gasteiger partial charge in [-0.05, 0) is 18.9 Å². The maximum Gasteiger partial charge on any atom is 0.228 e. The Bertz CT molecular complexity index is 509. The molecule has 1 fully saturated rings. The van der Waals surface area contributed by atoms with Gasteiger partial charge in [-0.15, -0.1) is 0 Å². The van der Waals surface area contributed by atoms with E-state index in [4.69, 9.17) is 0 Å². The number of piperidine rings is 1. The van der Waals surface area contributed by atoms with Crippen LogP contribution in [0.4, 0.5) is 5.69 Å². The summed E-state index contributed by atoms with van der Waals surface area (Å²) < 4.78 is 0. The van der Waals surface area contributed by atoms with Crippen molar-refractivity contribution in [1.29, 1.82) is 0 Å². The molecule has 3 rings (SSSR count). The lowest BCUT2D eigenvalue weighted by Gasteiger charge is -2.48. The van der Waals surface area contributed by atoms with Crippen molar-refractivity contribution in [1.82, 2.24) is 4.90 Å². The number of likely N-dealkylation sites (tertiary alicyclic amines) is 1. The van der Waals surface area contributed by atoms with E-state index in [1.165, 1.54) is 11.3 Å². The molecule has 1 aromatic carbocycles. The van der Waals surface area contributed by atoms with Gasteiger partial charge in [-0.2, -0.15) is 0 Å². The minimum Gasteiger partial charge on any atom is -0.382 e. The molecule has 1 unspecified atom stereocenters. The summed E-state index contributed by atoms with van der Waals surface area (Å²) in [5.41, 5.74) is 2.09. The summed E-state index contributed by atoms with van der Waals surface area (Å²) in [6.45, 7) is 4.94. The van der Waals surface area contributed by atoms with Crippen molar-refractivity contribution in [3.8, 4) is 0 Å². The molecule has 0 radical (unpaired) electrons. The van der Waals surface area contributed by atoms with E-state index in [0.29, 0.717) is 0 Å². The summed E-state index contributed by atoms with van der Waals surface area (Å²) in [7, 11) is 1.95. The average molecular weight is 244 g/mol. The molecule has 2 aliphatic rings. The lowest BCUT2D eigenvalue weighted by atomic mass is 9.72. The van der Waals surface area contributed by atoms with Crippen LogP contribution in [-0.2, 0) is 10.3 Å². The van der Waals surface area contributed by atoms with Gasteiger partial charge >= 0.3 is 0 Å². The van der Waals surface area contributed by atoms with E-state index in [-0.39, 0.29) is 16.9 Å². The van der Waals surface area contributed by atoms with Gasteiger partial charge in [0, 0.05) is 30.3 Å². The van der Waals surface area contributed by atoms with E-state index in [9.17, 15) is 4.79 Å². The normalized spacial score (nSPS) is 29.3. The molecular formula is C15H20N2O. The van der Waals surface area contributed by atoms with Crippen LogP contribution >= 0.6 is 0 Å². The smallest absolute Gasteiger partial charge is 0.228 e. The van der Waals surface area contributed by atoms with Crippen LogP contribution in [0.2, 0.25) is 0 Å². The van der Waals surface area contributed by atoms with Gasteiger partial charge in [-0.3, -0.25) is 4.79 Å². The Morgan fingerprint density at radius 1 is 1.22 bits per heavy atom. The van der Waals surface area contributed by atoms with Gasteiger partial charge in [0.25, 0.3) is 0 Å². The fraction of sp³-hybridized carbons (Fsp3) is 0.533. The Balaban J connectivity index is 2.06. The number of carbonyl (C=O) groups excluding carboxylic acids is 1. The number of rotatable bonds is 0. The number of hydrogen-bond acceptors (Lipinski definition) is 2. The molecule has 0 aromatic heterocycles. The number of hydrogen-bond donors (Lipinski definition) is 1. The number of amides is 1. The van der Waals surface area contributed by atoms with Gasteiger partial charge in [0.05, 0.1) is 5.54 Å². The minimum absolute atomic E-state index is 0.136. The Hall–Kier alpha value is -1.51. The van der Waals surface area contributed by atoms with Gasteiger partial charge < -0.3 is 10.2 Å². The van der Waals surface area contributed by atoms with Crippen LogP contribution in [0.15, 0.2) is 24.3 Å². The highest BCUT2D eigenvalue weighted by Gasteiger charge is 2.51. The van der Waals surface area contributed by atoms with Crippen LogP contribution in [0, 0.1) is 5.41 Å². The van der Waals surface area contributed by atoms with Crippen LogP contribution in [0.25, 0.3) is 0 Å². The molecule has 1 atom stereocenters. The predicted octanol–water partition coefficient (Wildman–Crippen LogP) is 2.59. The topological polar surface area (TPSA) is 32.3 Å². The minimum atomic E-state index is -0.225. The van der Waals surface area contributed by atoms with Crippen LogP contribution in [-0.4, -0.2) is 24.4 Å². The Labute approximate surface area is 108 Å². The van der Waals surface area contributed by atoms with Crippen molar-refractivity contribution in [2.24, 2.45) is 5.41 Å². The third kappa shape index (κ3) is 1.33. The molecule has 2 heterocycles. The highest BCUT2D eigenvalue weighted by atomic mass is 16.2. The molecule has 1 spiro atoms.